The van der Waals surface area contributed by atoms with Gasteiger partial charge < -0.3 is 14.3 Å². The number of ether oxygens (including phenoxy) is 1. The van der Waals surface area contributed by atoms with Gasteiger partial charge in [-0.3, -0.25) is 4.84 Å². The SMILES string of the molecule is COc1ccc([N+]2=NOC(=O)/C2=C\c2nc(-c3ccccc3)oc2[O-])cc1. The Morgan fingerprint density at radius 2 is 1.85 bits per heavy atom. The smallest absolute Gasteiger partial charge is 0.437 e. The van der Waals surface area contributed by atoms with Crippen molar-refractivity contribution in [2.24, 2.45) is 5.28 Å². The van der Waals surface area contributed by atoms with Crippen LogP contribution in [0.2, 0.25) is 0 Å². The van der Waals surface area contributed by atoms with Crippen molar-refractivity contribution in [2.75, 3.05) is 7.11 Å². The molecule has 27 heavy (non-hydrogen) atoms. The molecule has 0 saturated heterocycles. The van der Waals surface area contributed by atoms with Gasteiger partial charge in [-0.2, -0.15) is 0 Å². The molecule has 3 aromatic rings. The van der Waals surface area contributed by atoms with Crippen molar-refractivity contribution in [2.45, 2.75) is 0 Å². The van der Waals surface area contributed by atoms with Crippen LogP contribution in [-0.4, -0.2) is 22.8 Å². The molecule has 1 aliphatic rings. The summed E-state index contributed by atoms with van der Waals surface area (Å²) in [5, 5.41) is 15.9. The Morgan fingerprint density at radius 1 is 1.11 bits per heavy atom. The number of aromatic nitrogens is 1. The third kappa shape index (κ3) is 3.15. The van der Waals surface area contributed by atoms with Crippen LogP contribution in [0.25, 0.3) is 17.5 Å². The number of carbonyl (C=O) groups is 1. The lowest BCUT2D eigenvalue weighted by Gasteiger charge is -1.98. The van der Waals surface area contributed by atoms with Gasteiger partial charge in [0.15, 0.2) is 0 Å². The number of nitrogens with zero attached hydrogens (tertiary/aromatic N) is 3. The van der Waals surface area contributed by atoms with Crippen molar-refractivity contribution < 1.29 is 28.6 Å². The molecular formula is C19H13N3O5. The summed E-state index contributed by atoms with van der Waals surface area (Å²) in [4.78, 5) is 21.0. The number of methoxy groups -OCH3 is 1. The minimum absolute atomic E-state index is 0.0172. The summed E-state index contributed by atoms with van der Waals surface area (Å²) in [6.45, 7) is 0. The molecule has 0 atom stereocenters. The van der Waals surface area contributed by atoms with Gasteiger partial charge in [0, 0.05) is 23.8 Å². The molecule has 2 heterocycles. The summed E-state index contributed by atoms with van der Waals surface area (Å²) in [5.41, 5.74) is 1.25. The first-order valence-electron chi connectivity index (χ1n) is 7.97. The van der Waals surface area contributed by atoms with E-state index in [2.05, 4.69) is 10.3 Å². The average Bonchev–Trinajstić information content (AvgIpc) is 3.26. The molecule has 2 aromatic carbocycles. The highest BCUT2D eigenvalue weighted by molar-refractivity contribution is 5.91. The van der Waals surface area contributed by atoms with Crippen LogP contribution in [0.1, 0.15) is 5.69 Å². The second-order valence-corrected chi connectivity index (χ2v) is 5.56. The van der Waals surface area contributed by atoms with E-state index in [0.29, 0.717) is 17.0 Å². The summed E-state index contributed by atoms with van der Waals surface area (Å²) < 4.78 is 11.6. The molecule has 0 amide bonds. The third-order valence-electron chi connectivity index (χ3n) is 3.87. The Morgan fingerprint density at radius 3 is 2.56 bits per heavy atom. The van der Waals surface area contributed by atoms with E-state index in [1.54, 1.807) is 55.6 Å². The van der Waals surface area contributed by atoms with Crippen molar-refractivity contribution in [1.29, 1.82) is 0 Å². The minimum atomic E-state index is -0.700. The lowest BCUT2D eigenvalue weighted by molar-refractivity contribution is -0.462. The molecule has 8 heteroatoms. The van der Waals surface area contributed by atoms with Crippen molar-refractivity contribution in [3.05, 3.63) is 66.0 Å². The summed E-state index contributed by atoms with van der Waals surface area (Å²) in [6.07, 6.45) is 1.29. The molecule has 1 aromatic heterocycles. The standard InChI is InChI=1S/C19H13N3O5/c1-25-14-9-7-13(8-10-14)22-16(19(24)27-21-22)11-15-18(23)26-17(20-15)12-5-3-2-4-6-12/h2-11H,1H3. The topological polar surface area (TPSA) is 100.0 Å². The normalized spacial score (nSPS) is 14.9. The van der Waals surface area contributed by atoms with Gasteiger partial charge in [-0.25, -0.2) is 9.78 Å². The average molecular weight is 363 g/mol. The summed E-state index contributed by atoms with van der Waals surface area (Å²) in [5.74, 6) is -0.529. The highest BCUT2D eigenvalue weighted by Gasteiger charge is 2.37. The first kappa shape index (κ1) is 16.5. The number of hydrogen-bond acceptors (Lipinski definition) is 7. The molecular weight excluding hydrogens is 350 g/mol. The van der Waals surface area contributed by atoms with Crippen molar-refractivity contribution >= 4 is 17.7 Å². The Kier molecular flexibility index (Phi) is 4.13. The second kappa shape index (κ2) is 6.75. The Labute approximate surface area is 153 Å². The van der Waals surface area contributed by atoms with Gasteiger partial charge in [0.25, 0.3) is 0 Å². The number of oxazole rings is 1. The fraction of sp³-hybridized carbons (Fsp3) is 0.0526. The molecule has 134 valence electrons. The van der Waals surface area contributed by atoms with Crippen molar-refractivity contribution in [3.63, 3.8) is 0 Å². The van der Waals surface area contributed by atoms with Crippen LogP contribution in [0.4, 0.5) is 5.69 Å². The zero-order chi connectivity index (χ0) is 18.8. The predicted octanol–water partition coefficient (Wildman–Crippen LogP) is 3.03. The molecule has 8 nitrogen and oxygen atoms in total. The number of benzene rings is 2. The van der Waals surface area contributed by atoms with E-state index in [4.69, 9.17) is 14.0 Å². The number of rotatable bonds is 4. The van der Waals surface area contributed by atoms with Gasteiger partial charge >= 0.3 is 11.7 Å². The first-order valence-corrected chi connectivity index (χ1v) is 7.97. The van der Waals surface area contributed by atoms with E-state index >= 15 is 0 Å². The Hall–Kier alpha value is -3.94. The summed E-state index contributed by atoms with van der Waals surface area (Å²) in [6, 6.07) is 15.8. The summed E-state index contributed by atoms with van der Waals surface area (Å²) in [7, 11) is 1.55. The Balaban J connectivity index is 1.70. The molecule has 0 saturated carbocycles. The van der Waals surface area contributed by atoms with Crippen LogP contribution in [0.15, 0.2) is 70.0 Å². The zero-order valence-electron chi connectivity index (χ0n) is 14.2. The van der Waals surface area contributed by atoms with Crippen LogP contribution in [0.3, 0.4) is 0 Å². The van der Waals surface area contributed by atoms with E-state index in [0.717, 1.165) is 0 Å². The van der Waals surface area contributed by atoms with Gasteiger partial charge in [0.1, 0.15) is 11.6 Å². The molecule has 4 rings (SSSR count). The van der Waals surface area contributed by atoms with E-state index < -0.39 is 11.9 Å². The largest absolute Gasteiger partial charge is 0.562 e. The van der Waals surface area contributed by atoms with Gasteiger partial charge in [0.2, 0.25) is 11.0 Å². The quantitative estimate of drug-likeness (QED) is 0.522. The lowest BCUT2D eigenvalue weighted by Crippen LogP contribution is -2.05. The number of hydrogen-bond donors (Lipinski definition) is 0. The highest BCUT2D eigenvalue weighted by Crippen LogP contribution is 2.30. The van der Waals surface area contributed by atoms with Gasteiger partial charge in [0.05, 0.1) is 18.8 Å². The summed E-state index contributed by atoms with van der Waals surface area (Å²) >= 11 is 0. The molecule has 0 N–H and O–H groups in total. The van der Waals surface area contributed by atoms with Crippen molar-refractivity contribution in [1.82, 2.24) is 4.98 Å². The highest BCUT2D eigenvalue weighted by atomic mass is 16.7. The Bertz CT molecular complexity index is 1050. The van der Waals surface area contributed by atoms with Crippen LogP contribution in [0.5, 0.6) is 11.7 Å². The van der Waals surface area contributed by atoms with Gasteiger partial charge in [-0.05, 0) is 16.8 Å². The molecule has 1 aliphatic heterocycles. The maximum absolute atomic E-state index is 12.1. The molecule has 0 aliphatic carbocycles. The van der Waals surface area contributed by atoms with Crippen molar-refractivity contribution in [3.8, 4) is 23.1 Å². The second-order valence-electron chi connectivity index (χ2n) is 5.56. The zero-order valence-corrected chi connectivity index (χ0v) is 14.2. The maximum atomic E-state index is 12.1. The van der Waals surface area contributed by atoms with Crippen LogP contribution >= 0.6 is 0 Å². The molecule has 0 fully saturated rings. The van der Waals surface area contributed by atoms with Gasteiger partial charge in [-0.15, -0.1) is 0 Å². The predicted molar refractivity (Wildman–Crippen MR) is 90.8 cm³/mol. The van der Waals surface area contributed by atoms with Crippen LogP contribution in [0, 0.1) is 0 Å². The van der Waals surface area contributed by atoms with Crippen LogP contribution < -0.4 is 9.84 Å². The fourth-order valence-electron chi connectivity index (χ4n) is 2.53. The molecule has 0 bridgehead atoms. The van der Waals surface area contributed by atoms with E-state index in [9.17, 15) is 9.90 Å². The van der Waals surface area contributed by atoms with Gasteiger partial charge in [-0.1, -0.05) is 30.3 Å². The van der Waals surface area contributed by atoms with Crippen LogP contribution in [-0.2, 0) is 9.63 Å². The lowest BCUT2D eigenvalue weighted by atomic mass is 10.2. The molecule has 0 unspecified atom stereocenters. The number of carbonyl (C=O) groups excluding carboxylic acids is 1. The first-order chi connectivity index (χ1) is 13.2. The maximum Gasteiger partial charge on any atom is 0.437 e. The minimum Gasteiger partial charge on any atom is -0.562 e. The van der Waals surface area contributed by atoms with E-state index in [1.807, 2.05) is 6.07 Å². The molecule has 0 spiro atoms. The van der Waals surface area contributed by atoms with E-state index in [-0.39, 0.29) is 17.3 Å². The third-order valence-corrected chi connectivity index (χ3v) is 3.87. The van der Waals surface area contributed by atoms with E-state index in [1.165, 1.54) is 10.8 Å². The fourth-order valence-corrected chi connectivity index (χ4v) is 2.53. The molecule has 0 radical (unpaired) electrons. The monoisotopic (exact) mass is 363 g/mol.